The van der Waals surface area contributed by atoms with E-state index < -0.39 is 11.6 Å². The Morgan fingerprint density at radius 1 is 1.11 bits per heavy atom. The highest BCUT2D eigenvalue weighted by Crippen LogP contribution is 2.44. The quantitative estimate of drug-likeness (QED) is 0.902. The Balaban J connectivity index is 1.95. The number of hydrogen-bond acceptors (Lipinski definition) is 2. The Morgan fingerprint density at radius 3 is 2.53 bits per heavy atom. The first-order valence-electron chi connectivity index (χ1n) is 6.08. The molecule has 2 aromatic carbocycles. The van der Waals surface area contributed by atoms with Crippen molar-refractivity contribution in [3.63, 3.8) is 0 Å². The van der Waals surface area contributed by atoms with Crippen LogP contribution in [0.15, 0.2) is 47.4 Å². The van der Waals surface area contributed by atoms with Crippen LogP contribution in [0.5, 0.6) is 0 Å². The van der Waals surface area contributed by atoms with Crippen LogP contribution in [0, 0.1) is 11.6 Å². The van der Waals surface area contributed by atoms with Crippen molar-refractivity contribution in [1.29, 1.82) is 0 Å². The van der Waals surface area contributed by atoms with Gasteiger partial charge in [0.2, 0.25) is 0 Å². The second-order valence-electron chi connectivity index (χ2n) is 4.68. The van der Waals surface area contributed by atoms with Gasteiger partial charge in [0.05, 0.1) is 0 Å². The summed E-state index contributed by atoms with van der Waals surface area (Å²) in [6.07, 6.45) is 0. The van der Waals surface area contributed by atoms with Crippen LogP contribution in [0.3, 0.4) is 0 Å². The van der Waals surface area contributed by atoms with Crippen molar-refractivity contribution in [2.45, 2.75) is 16.9 Å². The van der Waals surface area contributed by atoms with E-state index in [9.17, 15) is 8.78 Å². The number of nitrogens with two attached hydrogens (primary N) is 1. The Morgan fingerprint density at radius 2 is 1.79 bits per heavy atom. The topological polar surface area (TPSA) is 26.0 Å². The van der Waals surface area contributed by atoms with Crippen LogP contribution in [0.2, 0.25) is 0 Å². The molecule has 98 valence electrons. The van der Waals surface area contributed by atoms with E-state index in [0.717, 1.165) is 11.8 Å². The van der Waals surface area contributed by atoms with E-state index in [4.69, 9.17) is 5.73 Å². The van der Waals surface area contributed by atoms with E-state index in [1.165, 1.54) is 22.6 Å². The summed E-state index contributed by atoms with van der Waals surface area (Å²) in [4.78, 5) is 1.21. The van der Waals surface area contributed by atoms with Crippen molar-refractivity contribution < 1.29 is 8.78 Å². The van der Waals surface area contributed by atoms with Gasteiger partial charge in [-0.05, 0) is 29.3 Å². The van der Waals surface area contributed by atoms with Crippen molar-refractivity contribution in [1.82, 2.24) is 0 Å². The van der Waals surface area contributed by atoms with Gasteiger partial charge in [-0.15, -0.1) is 11.8 Å². The lowest BCUT2D eigenvalue weighted by Crippen LogP contribution is -2.20. The zero-order valence-corrected chi connectivity index (χ0v) is 11.0. The third-order valence-electron chi connectivity index (χ3n) is 3.44. The summed E-state index contributed by atoms with van der Waals surface area (Å²) < 4.78 is 26.5. The Hall–Kier alpha value is -1.39. The average molecular weight is 277 g/mol. The molecular weight excluding hydrogens is 264 g/mol. The number of hydrogen-bond donors (Lipinski definition) is 1. The minimum absolute atomic E-state index is 0.0994. The van der Waals surface area contributed by atoms with Gasteiger partial charge in [-0.3, -0.25) is 0 Å². The van der Waals surface area contributed by atoms with E-state index >= 15 is 0 Å². The molecule has 0 saturated carbocycles. The Bertz CT molecular complexity index is 595. The van der Waals surface area contributed by atoms with Crippen LogP contribution < -0.4 is 5.73 Å². The molecule has 1 aliphatic rings. The molecule has 0 aromatic heterocycles. The van der Waals surface area contributed by atoms with E-state index in [1.807, 2.05) is 18.2 Å². The van der Waals surface area contributed by atoms with Crippen LogP contribution in [-0.4, -0.2) is 5.75 Å². The number of benzene rings is 2. The van der Waals surface area contributed by atoms with Crippen LogP contribution in [-0.2, 0) is 0 Å². The van der Waals surface area contributed by atoms with Gasteiger partial charge in [-0.1, -0.05) is 18.2 Å². The summed E-state index contributed by atoms with van der Waals surface area (Å²) in [7, 11) is 0. The third kappa shape index (κ3) is 2.38. The molecule has 2 atom stereocenters. The molecule has 0 radical (unpaired) electrons. The zero-order valence-electron chi connectivity index (χ0n) is 10.1. The number of halogens is 2. The van der Waals surface area contributed by atoms with E-state index in [2.05, 4.69) is 6.07 Å². The van der Waals surface area contributed by atoms with Gasteiger partial charge in [-0.2, -0.15) is 0 Å². The zero-order chi connectivity index (χ0) is 13.4. The highest BCUT2D eigenvalue weighted by molar-refractivity contribution is 7.99. The smallest absolute Gasteiger partial charge is 0.126 e. The van der Waals surface area contributed by atoms with E-state index in [-0.39, 0.29) is 12.0 Å². The predicted octanol–water partition coefficient (Wildman–Crippen LogP) is 3.85. The summed E-state index contributed by atoms with van der Waals surface area (Å²) in [5.41, 5.74) is 7.89. The maximum atomic E-state index is 13.3. The fourth-order valence-electron chi connectivity index (χ4n) is 2.48. The monoisotopic (exact) mass is 277 g/mol. The molecule has 4 heteroatoms. The fraction of sp³-hybridized carbons (Fsp3) is 0.200. The molecule has 1 nitrogen and oxygen atoms in total. The minimum atomic E-state index is -0.579. The maximum Gasteiger partial charge on any atom is 0.126 e. The first-order valence-corrected chi connectivity index (χ1v) is 7.07. The molecule has 2 unspecified atom stereocenters. The summed E-state index contributed by atoms with van der Waals surface area (Å²) >= 11 is 1.74. The molecule has 2 aromatic rings. The molecule has 0 amide bonds. The minimum Gasteiger partial charge on any atom is -0.323 e. The molecule has 2 N–H and O–H groups in total. The van der Waals surface area contributed by atoms with Crippen LogP contribution in [0.25, 0.3) is 0 Å². The lowest BCUT2D eigenvalue weighted by atomic mass is 9.89. The Labute approximate surface area is 114 Å². The van der Waals surface area contributed by atoms with Gasteiger partial charge >= 0.3 is 0 Å². The van der Waals surface area contributed by atoms with Gasteiger partial charge in [-0.25, -0.2) is 8.78 Å². The van der Waals surface area contributed by atoms with E-state index in [0.29, 0.717) is 5.56 Å². The molecule has 0 fully saturated rings. The summed E-state index contributed by atoms with van der Waals surface area (Å²) in [5, 5.41) is 0. The summed E-state index contributed by atoms with van der Waals surface area (Å²) in [6, 6.07) is 11.2. The third-order valence-corrected chi connectivity index (χ3v) is 4.65. The SMILES string of the molecule is NC(c1cc(F)cc(F)c1)C1CSc2ccccc21. The number of thioether (sulfide) groups is 1. The lowest BCUT2D eigenvalue weighted by molar-refractivity contribution is 0.558. The predicted molar refractivity (Wildman–Crippen MR) is 73.2 cm³/mol. The summed E-state index contributed by atoms with van der Waals surface area (Å²) in [5.74, 6) is -0.213. The van der Waals surface area contributed by atoms with Gasteiger partial charge < -0.3 is 5.73 Å². The largest absolute Gasteiger partial charge is 0.323 e. The van der Waals surface area contributed by atoms with Crippen LogP contribution in [0.1, 0.15) is 23.1 Å². The van der Waals surface area contributed by atoms with E-state index in [1.54, 1.807) is 11.8 Å². The van der Waals surface area contributed by atoms with Crippen molar-refractivity contribution in [3.05, 3.63) is 65.2 Å². The van der Waals surface area contributed by atoms with Crippen LogP contribution >= 0.6 is 11.8 Å². The molecule has 0 bridgehead atoms. The Kier molecular flexibility index (Phi) is 3.29. The standard InChI is InChI=1S/C15H13F2NS/c16-10-5-9(6-11(17)7-10)15(18)13-8-19-14-4-2-1-3-12(13)14/h1-7,13,15H,8,18H2. The highest BCUT2D eigenvalue weighted by Gasteiger charge is 2.29. The van der Waals surface area contributed by atoms with Crippen molar-refractivity contribution in [3.8, 4) is 0 Å². The molecule has 0 aliphatic carbocycles. The molecule has 0 saturated heterocycles. The van der Waals surface area contributed by atoms with Crippen molar-refractivity contribution >= 4 is 11.8 Å². The molecular formula is C15H13F2NS. The van der Waals surface area contributed by atoms with Gasteiger partial charge in [0, 0.05) is 28.7 Å². The molecule has 1 aliphatic heterocycles. The highest BCUT2D eigenvalue weighted by atomic mass is 32.2. The second-order valence-corrected chi connectivity index (χ2v) is 5.75. The maximum absolute atomic E-state index is 13.3. The van der Waals surface area contributed by atoms with Crippen molar-refractivity contribution in [2.24, 2.45) is 5.73 Å². The van der Waals surface area contributed by atoms with Gasteiger partial charge in [0.15, 0.2) is 0 Å². The number of rotatable bonds is 2. The fourth-order valence-corrected chi connectivity index (χ4v) is 3.79. The summed E-state index contributed by atoms with van der Waals surface area (Å²) in [6.45, 7) is 0. The molecule has 1 heterocycles. The molecule has 19 heavy (non-hydrogen) atoms. The van der Waals surface area contributed by atoms with Crippen molar-refractivity contribution in [2.75, 3.05) is 5.75 Å². The van der Waals surface area contributed by atoms with Crippen LogP contribution in [0.4, 0.5) is 8.78 Å². The molecule has 0 spiro atoms. The second kappa shape index (κ2) is 4.94. The average Bonchev–Trinajstić information content (AvgIpc) is 2.80. The molecule has 3 rings (SSSR count). The normalized spacial score (nSPS) is 19.2. The van der Waals surface area contributed by atoms with Gasteiger partial charge in [0.25, 0.3) is 0 Å². The first kappa shape index (κ1) is 12.6. The lowest BCUT2D eigenvalue weighted by Gasteiger charge is -2.20. The van der Waals surface area contributed by atoms with Gasteiger partial charge in [0.1, 0.15) is 11.6 Å². The first-order chi connectivity index (χ1) is 9.15. The number of fused-ring (bicyclic) bond motifs is 1.